The van der Waals surface area contributed by atoms with Crippen molar-refractivity contribution < 1.29 is 9.53 Å². The number of hydrogen-bond acceptors (Lipinski definition) is 3. The predicted molar refractivity (Wildman–Crippen MR) is 66.8 cm³/mol. The molecule has 0 radical (unpaired) electrons. The molecule has 98 valence electrons. The Morgan fingerprint density at radius 1 is 1.24 bits per heavy atom. The fourth-order valence-electron chi connectivity index (χ4n) is 2.62. The second-order valence-electron chi connectivity index (χ2n) is 5.23. The molecule has 2 rings (SSSR count). The monoisotopic (exact) mass is 240 g/mol. The minimum absolute atomic E-state index is 0.0440. The SMILES string of the molecule is O=C(COC1CCCCC1)NC[C@H]1CCNC1. The zero-order valence-electron chi connectivity index (χ0n) is 10.5. The minimum atomic E-state index is 0.0440. The summed E-state index contributed by atoms with van der Waals surface area (Å²) in [6.45, 7) is 3.15. The molecule has 0 aromatic heterocycles. The van der Waals surface area contributed by atoms with Crippen LogP contribution in [0.4, 0.5) is 0 Å². The van der Waals surface area contributed by atoms with E-state index in [9.17, 15) is 4.79 Å². The first-order chi connectivity index (χ1) is 8.34. The lowest BCUT2D eigenvalue weighted by atomic mass is 9.98. The van der Waals surface area contributed by atoms with Gasteiger partial charge in [0.25, 0.3) is 0 Å². The van der Waals surface area contributed by atoms with Gasteiger partial charge >= 0.3 is 0 Å². The molecular weight excluding hydrogens is 216 g/mol. The van der Waals surface area contributed by atoms with E-state index in [2.05, 4.69) is 10.6 Å². The highest BCUT2D eigenvalue weighted by atomic mass is 16.5. The molecule has 0 aromatic rings. The largest absolute Gasteiger partial charge is 0.368 e. The van der Waals surface area contributed by atoms with Crippen LogP contribution in [0.1, 0.15) is 38.5 Å². The van der Waals surface area contributed by atoms with Crippen LogP contribution >= 0.6 is 0 Å². The van der Waals surface area contributed by atoms with Crippen molar-refractivity contribution in [3.8, 4) is 0 Å². The molecule has 1 aliphatic heterocycles. The van der Waals surface area contributed by atoms with Crippen molar-refractivity contribution in [1.82, 2.24) is 10.6 Å². The number of nitrogens with one attached hydrogen (secondary N) is 2. The Bertz CT molecular complexity index is 234. The lowest BCUT2D eigenvalue weighted by molar-refractivity contribution is -0.128. The number of rotatable bonds is 5. The van der Waals surface area contributed by atoms with Gasteiger partial charge in [0, 0.05) is 6.54 Å². The van der Waals surface area contributed by atoms with E-state index in [1.54, 1.807) is 0 Å². The van der Waals surface area contributed by atoms with E-state index >= 15 is 0 Å². The van der Waals surface area contributed by atoms with Gasteiger partial charge in [0.1, 0.15) is 6.61 Å². The third-order valence-electron chi connectivity index (χ3n) is 3.75. The Hall–Kier alpha value is -0.610. The lowest BCUT2D eigenvalue weighted by Crippen LogP contribution is -2.34. The highest BCUT2D eigenvalue weighted by Gasteiger charge is 2.17. The summed E-state index contributed by atoms with van der Waals surface area (Å²) < 4.78 is 5.63. The Labute approximate surface area is 103 Å². The summed E-state index contributed by atoms with van der Waals surface area (Å²) in [7, 11) is 0. The van der Waals surface area contributed by atoms with Gasteiger partial charge in [0.2, 0.25) is 5.91 Å². The van der Waals surface area contributed by atoms with Crippen molar-refractivity contribution >= 4 is 5.91 Å². The molecule has 0 aromatic carbocycles. The van der Waals surface area contributed by atoms with E-state index in [4.69, 9.17) is 4.74 Å². The van der Waals surface area contributed by atoms with Gasteiger partial charge in [-0.1, -0.05) is 19.3 Å². The first kappa shape index (κ1) is 12.8. The zero-order valence-corrected chi connectivity index (χ0v) is 10.5. The Morgan fingerprint density at radius 2 is 2.06 bits per heavy atom. The topological polar surface area (TPSA) is 50.4 Å². The molecule has 17 heavy (non-hydrogen) atoms. The highest BCUT2D eigenvalue weighted by molar-refractivity contribution is 5.77. The summed E-state index contributed by atoms with van der Waals surface area (Å²) in [5.41, 5.74) is 0. The van der Waals surface area contributed by atoms with E-state index in [-0.39, 0.29) is 12.5 Å². The molecule has 1 saturated carbocycles. The van der Waals surface area contributed by atoms with Crippen LogP contribution < -0.4 is 10.6 Å². The van der Waals surface area contributed by atoms with Gasteiger partial charge in [-0.05, 0) is 38.3 Å². The molecule has 4 heteroatoms. The number of ether oxygens (including phenoxy) is 1. The summed E-state index contributed by atoms with van der Waals surface area (Å²) in [6.07, 6.45) is 7.56. The average molecular weight is 240 g/mol. The first-order valence-corrected chi connectivity index (χ1v) is 6.93. The second kappa shape index (κ2) is 6.97. The van der Waals surface area contributed by atoms with Gasteiger partial charge in [0.05, 0.1) is 6.10 Å². The number of hydrogen-bond donors (Lipinski definition) is 2. The Kier molecular flexibility index (Phi) is 5.26. The van der Waals surface area contributed by atoms with Crippen LogP contribution in [0.2, 0.25) is 0 Å². The molecule has 1 atom stereocenters. The summed E-state index contributed by atoms with van der Waals surface area (Å²) in [5, 5.41) is 6.26. The normalized spacial score (nSPS) is 26.0. The van der Waals surface area contributed by atoms with Crippen LogP contribution in [0.5, 0.6) is 0 Å². The van der Waals surface area contributed by atoms with Crippen molar-refractivity contribution in [2.75, 3.05) is 26.2 Å². The molecule has 4 nitrogen and oxygen atoms in total. The molecule has 1 heterocycles. The van der Waals surface area contributed by atoms with Gasteiger partial charge in [-0.3, -0.25) is 4.79 Å². The lowest BCUT2D eigenvalue weighted by Gasteiger charge is -2.21. The third-order valence-corrected chi connectivity index (χ3v) is 3.75. The van der Waals surface area contributed by atoms with E-state index in [0.717, 1.165) is 32.5 Å². The smallest absolute Gasteiger partial charge is 0.246 e. The Balaban J connectivity index is 1.53. The maximum absolute atomic E-state index is 11.6. The quantitative estimate of drug-likeness (QED) is 0.755. The van der Waals surface area contributed by atoms with Crippen LogP contribution in [0.3, 0.4) is 0 Å². The number of amides is 1. The molecule has 2 N–H and O–H groups in total. The molecule has 1 saturated heterocycles. The van der Waals surface area contributed by atoms with Crippen molar-refractivity contribution in [2.24, 2.45) is 5.92 Å². The van der Waals surface area contributed by atoms with E-state index in [1.165, 1.54) is 25.7 Å². The third kappa shape index (κ3) is 4.64. The molecule has 0 bridgehead atoms. The molecule has 2 fully saturated rings. The number of carbonyl (C=O) groups is 1. The minimum Gasteiger partial charge on any atom is -0.368 e. The van der Waals surface area contributed by atoms with Crippen LogP contribution in [-0.2, 0) is 9.53 Å². The van der Waals surface area contributed by atoms with Gasteiger partial charge in [-0.2, -0.15) is 0 Å². The van der Waals surface area contributed by atoms with E-state index in [0.29, 0.717) is 12.0 Å². The molecule has 1 aliphatic carbocycles. The van der Waals surface area contributed by atoms with Crippen molar-refractivity contribution in [3.05, 3.63) is 0 Å². The van der Waals surface area contributed by atoms with Gasteiger partial charge < -0.3 is 15.4 Å². The van der Waals surface area contributed by atoms with Gasteiger partial charge in [-0.25, -0.2) is 0 Å². The fourth-order valence-corrected chi connectivity index (χ4v) is 2.62. The zero-order chi connectivity index (χ0) is 11.9. The Morgan fingerprint density at radius 3 is 2.76 bits per heavy atom. The predicted octanol–water partition coefficient (Wildman–Crippen LogP) is 1.06. The van der Waals surface area contributed by atoms with Crippen LogP contribution in [0, 0.1) is 5.92 Å². The fraction of sp³-hybridized carbons (Fsp3) is 0.923. The average Bonchev–Trinajstić information content (AvgIpc) is 2.88. The van der Waals surface area contributed by atoms with Gasteiger partial charge in [0.15, 0.2) is 0 Å². The summed E-state index contributed by atoms with van der Waals surface area (Å²) in [6, 6.07) is 0. The van der Waals surface area contributed by atoms with E-state index in [1.807, 2.05) is 0 Å². The molecule has 1 amide bonds. The maximum Gasteiger partial charge on any atom is 0.246 e. The number of carbonyl (C=O) groups excluding carboxylic acids is 1. The van der Waals surface area contributed by atoms with Gasteiger partial charge in [-0.15, -0.1) is 0 Å². The second-order valence-corrected chi connectivity index (χ2v) is 5.23. The maximum atomic E-state index is 11.6. The molecule has 2 aliphatic rings. The first-order valence-electron chi connectivity index (χ1n) is 6.93. The van der Waals surface area contributed by atoms with Crippen molar-refractivity contribution in [3.63, 3.8) is 0 Å². The van der Waals surface area contributed by atoms with E-state index < -0.39 is 0 Å². The molecular formula is C13H24N2O2. The summed E-state index contributed by atoms with van der Waals surface area (Å²) in [5.74, 6) is 0.649. The standard InChI is InChI=1S/C13H24N2O2/c16-13(15-9-11-6-7-14-8-11)10-17-12-4-2-1-3-5-12/h11-12,14H,1-10H2,(H,15,16)/t11-/m0/s1. The van der Waals surface area contributed by atoms with Crippen molar-refractivity contribution in [1.29, 1.82) is 0 Å². The van der Waals surface area contributed by atoms with Crippen LogP contribution in [-0.4, -0.2) is 38.3 Å². The van der Waals surface area contributed by atoms with Crippen LogP contribution in [0.15, 0.2) is 0 Å². The highest BCUT2D eigenvalue weighted by Crippen LogP contribution is 2.19. The molecule has 0 unspecified atom stereocenters. The van der Waals surface area contributed by atoms with Crippen molar-refractivity contribution in [2.45, 2.75) is 44.6 Å². The summed E-state index contributed by atoms with van der Waals surface area (Å²) in [4.78, 5) is 11.6. The summed E-state index contributed by atoms with van der Waals surface area (Å²) >= 11 is 0. The molecule has 0 spiro atoms. The van der Waals surface area contributed by atoms with Crippen LogP contribution in [0.25, 0.3) is 0 Å².